The Bertz CT molecular complexity index is 1610. The van der Waals surface area contributed by atoms with Crippen LogP contribution in [-0.2, 0) is 0 Å². The van der Waals surface area contributed by atoms with Gasteiger partial charge in [0.2, 0.25) is 5.75 Å². The minimum atomic E-state index is -1.34. The van der Waals surface area contributed by atoms with Gasteiger partial charge in [0.05, 0.1) is 45.2 Å². The second-order valence-corrected chi connectivity index (χ2v) is 7.68. The van der Waals surface area contributed by atoms with E-state index in [0.29, 0.717) is 0 Å². The molecule has 0 atom stereocenters. The number of aryl methyl sites for hydroxylation is 1. The van der Waals surface area contributed by atoms with Crippen molar-refractivity contribution in [3.63, 3.8) is 0 Å². The van der Waals surface area contributed by atoms with Gasteiger partial charge < -0.3 is 30.6 Å². The number of hydrogen-bond acceptors (Lipinski definition) is 10. The zero-order valence-corrected chi connectivity index (χ0v) is 18.7. The molecule has 2 aromatic carbocycles. The minimum Gasteiger partial charge on any atom is -0.505 e. The molecule has 2 heterocycles. The average Bonchev–Trinajstić information content (AvgIpc) is 3.28. The molecule has 4 aromatic rings. The lowest BCUT2D eigenvalue weighted by Crippen LogP contribution is -2.17. The van der Waals surface area contributed by atoms with Crippen LogP contribution in [0.4, 0.5) is 0 Å². The van der Waals surface area contributed by atoms with Gasteiger partial charge in [-0.25, -0.2) is 24.7 Å². The van der Waals surface area contributed by atoms with Crippen LogP contribution in [0.15, 0.2) is 41.6 Å². The van der Waals surface area contributed by atoms with Crippen molar-refractivity contribution in [2.45, 2.75) is 6.92 Å². The van der Waals surface area contributed by atoms with Crippen LogP contribution in [0, 0.1) is 6.92 Å². The molecule has 0 aliphatic rings. The van der Waals surface area contributed by atoms with E-state index in [1.807, 2.05) is 0 Å². The number of carbonyl (C=O) groups is 3. The molecule has 0 aliphatic heterocycles. The number of amides is 1. The third-order valence-corrected chi connectivity index (χ3v) is 5.27. The van der Waals surface area contributed by atoms with E-state index in [2.05, 4.69) is 20.6 Å². The fraction of sp³-hybridized carbons (Fsp3) is 0.0435. The molecule has 0 unspecified atom stereocenters. The summed E-state index contributed by atoms with van der Waals surface area (Å²) >= 11 is 0. The number of hydrogen-bond donors (Lipinski definition) is 7. The number of aromatic carboxylic acids is 2. The smallest absolute Gasteiger partial charge is 0.335 e. The molecule has 0 spiro atoms. The lowest BCUT2D eigenvalue weighted by atomic mass is 10.1. The van der Waals surface area contributed by atoms with Gasteiger partial charge in [0.1, 0.15) is 5.75 Å². The number of carboxylic acid groups (broad SMARTS) is 2. The van der Waals surface area contributed by atoms with E-state index < -0.39 is 35.1 Å². The van der Waals surface area contributed by atoms with Crippen LogP contribution in [-0.4, -0.2) is 69.5 Å². The highest BCUT2D eigenvalue weighted by Gasteiger charge is 2.19. The van der Waals surface area contributed by atoms with E-state index in [1.165, 1.54) is 29.9 Å². The molecule has 0 radical (unpaired) electrons. The molecule has 0 bridgehead atoms. The zero-order valence-electron chi connectivity index (χ0n) is 18.7. The van der Waals surface area contributed by atoms with Gasteiger partial charge in [-0.3, -0.25) is 4.79 Å². The molecular weight excluding hydrogens is 490 g/mol. The largest absolute Gasteiger partial charge is 0.505 e. The maximum Gasteiger partial charge on any atom is 0.335 e. The second-order valence-electron chi connectivity index (χ2n) is 7.68. The first kappa shape index (κ1) is 24.5. The van der Waals surface area contributed by atoms with Crippen LogP contribution >= 0.6 is 0 Å². The summed E-state index contributed by atoms with van der Waals surface area (Å²) in [5.74, 6) is -6.30. The Hall–Kier alpha value is -5.66. The van der Waals surface area contributed by atoms with Crippen molar-refractivity contribution >= 4 is 35.1 Å². The van der Waals surface area contributed by atoms with Gasteiger partial charge in [-0.05, 0) is 37.3 Å². The SMILES string of the molecule is Cc1nc2nn(-c3cc(C(=O)O)cc(C(=O)O)c3)cc2c(/C=N\NC(=O)c2ccc(O)c(O)c2O)c1O. The summed E-state index contributed by atoms with van der Waals surface area (Å²) in [6, 6.07) is 5.47. The summed E-state index contributed by atoms with van der Waals surface area (Å²) in [6.45, 7) is 1.48. The molecular formula is C23H17N5O9. The first-order valence-corrected chi connectivity index (χ1v) is 10.3. The second kappa shape index (κ2) is 9.18. The summed E-state index contributed by atoms with van der Waals surface area (Å²) in [4.78, 5) is 39.4. The van der Waals surface area contributed by atoms with Gasteiger partial charge in [0.15, 0.2) is 17.1 Å². The van der Waals surface area contributed by atoms with Crippen molar-refractivity contribution in [1.82, 2.24) is 20.2 Å². The number of carbonyl (C=O) groups excluding carboxylic acids is 1. The van der Waals surface area contributed by atoms with Crippen LogP contribution in [0.1, 0.15) is 42.3 Å². The molecule has 37 heavy (non-hydrogen) atoms. The maximum atomic E-state index is 12.3. The van der Waals surface area contributed by atoms with E-state index in [4.69, 9.17) is 0 Å². The molecule has 188 valence electrons. The minimum absolute atomic E-state index is 0.0691. The summed E-state index contributed by atoms with van der Waals surface area (Å²) < 4.78 is 1.18. The number of hydrazone groups is 1. The van der Waals surface area contributed by atoms with Gasteiger partial charge in [-0.1, -0.05) is 0 Å². The van der Waals surface area contributed by atoms with Gasteiger partial charge in [0, 0.05) is 6.20 Å². The third kappa shape index (κ3) is 4.53. The van der Waals surface area contributed by atoms with E-state index in [-0.39, 0.29) is 50.4 Å². The molecule has 4 rings (SSSR count). The molecule has 7 N–H and O–H groups in total. The van der Waals surface area contributed by atoms with Crippen LogP contribution in [0.25, 0.3) is 16.7 Å². The van der Waals surface area contributed by atoms with Gasteiger partial charge >= 0.3 is 11.9 Å². The number of fused-ring (bicyclic) bond motifs is 1. The zero-order chi connectivity index (χ0) is 27.0. The van der Waals surface area contributed by atoms with Crippen molar-refractivity contribution in [3.8, 4) is 28.7 Å². The number of phenols is 3. The summed E-state index contributed by atoms with van der Waals surface area (Å²) in [7, 11) is 0. The normalized spacial score (nSPS) is 11.2. The quantitative estimate of drug-likeness (QED) is 0.113. The van der Waals surface area contributed by atoms with Crippen molar-refractivity contribution in [1.29, 1.82) is 0 Å². The van der Waals surface area contributed by atoms with Gasteiger partial charge in [-0.2, -0.15) is 5.10 Å². The third-order valence-electron chi connectivity index (χ3n) is 5.27. The molecule has 0 aliphatic carbocycles. The molecule has 0 saturated carbocycles. The molecule has 1 amide bonds. The maximum absolute atomic E-state index is 12.3. The highest BCUT2D eigenvalue weighted by atomic mass is 16.4. The molecule has 14 nitrogen and oxygen atoms in total. The Balaban J connectivity index is 1.73. The number of nitrogens with zero attached hydrogens (tertiary/aromatic N) is 4. The standard InChI is InChI=1S/C23H17N5O9/c1-9-17(30)14(7-24-26-21(33)13-2-3-16(29)19(32)18(13)31)15-8-28(27-20(15)25-9)12-5-10(22(34)35)4-11(6-12)23(36)37/h2-8,29-32H,1H3,(H,26,33)(H,34,35)(H,36,37)/b24-7-. The highest BCUT2D eigenvalue weighted by molar-refractivity contribution is 6.02. The Labute approximate surface area is 206 Å². The van der Waals surface area contributed by atoms with Gasteiger partial charge in [0.25, 0.3) is 5.91 Å². The Morgan fingerprint density at radius 2 is 1.59 bits per heavy atom. The van der Waals surface area contributed by atoms with Crippen LogP contribution in [0.3, 0.4) is 0 Å². The van der Waals surface area contributed by atoms with Crippen molar-refractivity contribution in [2.75, 3.05) is 0 Å². The van der Waals surface area contributed by atoms with E-state index in [9.17, 15) is 45.0 Å². The molecule has 2 aromatic heterocycles. The number of aromatic hydroxyl groups is 4. The van der Waals surface area contributed by atoms with Crippen molar-refractivity contribution in [2.24, 2.45) is 5.10 Å². The van der Waals surface area contributed by atoms with E-state index in [0.717, 1.165) is 24.4 Å². The monoisotopic (exact) mass is 507 g/mol. The highest BCUT2D eigenvalue weighted by Crippen LogP contribution is 2.37. The number of phenolic OH excluding ortho intramolecular Hbond substituents is 3. The first-order chi connectivity index (χ1) is 17.5. The lowest BCUT2D eigenvalue weighted by molar-refractivity contribution is 0.0696. The average molecular weight is 507 g/mol. The van der Waals surface area contributed by atoms with E-state index >= 15 is 0 Å². The Morgan fingerprint density at radius 1 is 0.946 bits per heavy atom. The topological polar surface area (TPSA) is 228 Å². The Kier molecular flexibility index (Phi) is 6.07. The predicted molar refractivity (Wildman–Crippen MR) is 126 cm³/mol. The number of benzene rings is 2. The fourth-order valence-corrected chi connectivity index (χ4v) is 3.39. The van der Waals surface area contributed by atoms with Gasteiger partial charge in [-0.15, -0.1) is 5.10 Å². The summed E-state index contributed by atoms with van der Waals surface area (Å²) in [5.41, 5.74) is 1.59. The molecule has 0 fully saturated rings. The van der Waals surface area contributed by atoms with Crippen LogP contribution < -0.4 is 5.43 Å². The van der Waals surface area contributed by atoms with Crippen LogP contribution in [0.2, 0.25) is 0 Å². The molecule has 14 heteroatoms. The van der Waals surface area contributed by atoms with Crippen molar-refractivity contribution in [3.05, 3.63) is 64.5 Å². The predicted octanol–water partition coefficient (Wildman–Crippen LogP) is 1.71. The van der Waals surface area contributed by atoms with Crippen LogP contribution in [0.5, 0.6) is 23.0 Å². The number of carboxylic acids is 2. The van der Waals surface area contributed by atoms with E-state index in [1.54, 1.807) is 0 Å². The number of nitrogens with one attached hydrogen (secondary N) is 1. The molecule has 0 saturated heterocycles. The Morgan fingerprint density at radius 3 is 2.22 bits per heavy atom. The first-order valence-electron chi connectivity index (χ1n) is 10.3. The summed E-state index contributed by atoms with van der Waals surface area (Å²) in [6.07, 6.45) is 2.44. The number of aromatic nitrogens is 3. The lowest BCUT2D eigenvalue weighted by Gasteiger charge is -2.06. The summed E-state index contributed by atoms with van der Waals surface area (Å²) in [5, 5.41) is 66.2. The number of rotatable bonds is 6. The number of pyridine rings is 1. The fourth-order valence-electron chi connectivity index (χ4n) is 3.39. The van der Waals surface area contributed by atoms with Crippen molar-refractivity contribution < 1.29 is 45.0 Å².